The molecular formula is C64H68N10O12. The largest absolute Gasteiger partial charge is 0.473 e. The van der Waals surface area contributed by atoms with Crippen LogP contribution in [0, 0.1) is 0 Å². The Balaban J connectivity index is 0.000000204. The summed E-state index contributed by atoms with van der Waals surface area (Å²) in [6.07, 6.45) is 0. The number of piperazine rings is 2. The first-order chi connectivity index (χ1) is 41.3. The van der Waals surface area contributed by atoms with Crippen molar-refractivity contribution in [2.45, 2.75) is 0 Å². The fraction of sp³-hybridized carbons (Fsp3) is 0.250. The second-order valence-electron chi connectivity index (χ2n) is 20.7. The summed E-state index contributed by atoms with van der Waals surface area (Å²) in [6.45, 7) is 8.18. The van der Waals surface area contributed by atoms with E-state index in [1.54, 1.807) is 60.3 Å². The van der Waals surface area contributed by atoms with Crippen molar-refractivity contribution in [1.82, 2.24) is 19.6 Å². The molecule has 0 aromatic heterocycles. The molecule has 0 atom stereocenters. The topological polar surface area (TPSA) is 263 Å². The van der Waals surface area contributed by atoms with Crippen LogP contribution in [0.1, 0.15) is 43.0 Å². The number of fused-ring (bicyclic) bond motifs is 2. The molecule has 4 heterocycles. The van der Waals surface area contributed by atoms with Crippen molar-refractivity contribution >= 4 is 104 Å². The van der Waals surface area contributed by atoms with Crippen molar-refractivity contribution < 1.29 is 58.0 Å². The van der Waals surface area contributed by atoms with E-state index in [1.807, 2.05) is 109 Å². The molecule has 4 amide bonds. The Morgan fingerprint density at radius 2 is 0.814 bits per heavy atom. The molecule has 22 heteroatoms. The molecule has 0 unspecified atom stereocenters. The second kappa shape index (κ2) is 28.5. The molecule has 2 saturated heterocycles. The van der Waals surface area contributed by atoms with E-state index in [2.05, 4.69) is 55.0 Å². The number of nitrogens with one attached hydrogen (secondary N) is 4. The summed E-state index contributed by atoms with van der Waals surface area (Å²) < 4.78 is 9.65. The molecule has 22 nitrogen and oxygen atoms in total. The highest BCUT2D eigenvalue weighted by Gasteiger charge is 2.32. The lowest BCUT2D eigenvalue weighted by molar-refractivity contribution is -0.159. The number of amides is 4. The third-order valence-corrected chi connectivity index (χ3v) is 14.9. The van der Waals surface area contributed by atoms with Gasteiger partial charge in [-0.2, -0.15) is 0 Å². The van der Waals surface area contributed by atoms with Gasteiger partial charge in [0.15, 0.2) is 0 Å². The minimum absolute atomic E-state index is 0.0444. The van der Waals surface area contributed by atoms with Gasteiger partial charge >= 0.3 is 23.9 Å². The molecule has 0 saturated carbocycles. The van der Waals surface area contributed by atoms with Gasteiger partial charge in [0.2, 0.25) is 11.8 Å². The Labute approximate surface area is 497 Å². The van der Waals surface area contributed by atoms with Crippen molar-refractivity contribution in [2.75, 3.05) is 139 Å². The standard InChI is InChI=1S/2C31H33N5O4.C2H2O4/c2*1-34-15-17-36(18-16-34)20-27(37)35(2)24-12-10-23(11-13-24)32-29(21-7-5-4-6-8-21)28-25-14-9-22(31(39)40-3)19-26(25)33-30(28)38;3-1(4)2(5)6/h2*4-14,19,32H,15-18,20H2,1-3H3,(H,33,38);(H,3,4)(H,5,6)/b2*29-28-;. The number of hydrogen-bond donors (Lipinski definition) is 6. The van der Waals surface area contributed by atoms with Crippen LogP contribution >= 0.6 is 0 Å². The molecule has 0 bridgehead atoms. The summed E-state index contributed by atoms with van der Waals surface area (Å²) in [4.78, 5) is 107. The first-order valence-corrected chi connectivity index (χ1v) is 27.5. The van der Waals surface area contributed by atoms with Crippen molar-refractivity contribution in [3.63, 3.8) is 0 Å². The number of aliphatic carboxylic acids is 2. The highest BCUT2D eigenvalue weighted by Crippen LogP contribution is 2.40. The van der Waals surface area contributed by atoms with Gasteiger partial charge in [0.05, 0.1) is 72.4 Å². The van der Waals surface area contributed by atoms with E-state index >= 15 is 0 Å². The molecule has 4 aliphatic rings. The molecule has 0 radical (unpaired) electrons. The lowest BCUT2D eigenvalue weighted by atomic mass is 9.99. The van der Waals surface area contributed by atoms with Crippen molar-refractivity contribution in [1.29, 1.82) is 0 Å². The molecule has 6 N–H and O–H groups in total. The third kappa shape index (κ3) is 15.4. The van der Waals surface area contributed by atoms with Crippen LogP contribution < -0.4 is 31.1 Å². The number of rotatable bonds is 14. The summed E-state index contributed by atoms with van der Waals surface area (Å²) >= 11 is 0. The molecule has 10 rings (SSSR count). The molecule has 4 aliphatic heterocycles. The second-order valence-corrected chi connectivity index (χ2v) is 20.7. The average molecular weight is 1170 g/mol. The van der Waals surface area contributed by atoms with Crippen LogP contribution in [0.5, 0.6) is 0 Å². The van der Waals surface area contributed by atoms with Gasteiger partial charge in [-0.25, -0.2) is 19.2 Å². The molecule has 446 valence electrons. The van der Waals surface area contributed by atoms with E-state index in [-0.39, 0.29) is 23.6 Å². The molecule has 2 fully saturated rings. The normalized spacial score (nSPS) is 16.0. The van der Waals surface area contributed by atoms with Crippen molar-refractivity contribution in [2.24, 2.45) is 0 Å². The summed E-state index contributed by atoms with van der Waals surface area (Å²) in [5, 5.41) is 27.4. The smallest absolute Gasteiger partial charge is 0.414 e. The Kier molecular flexibility index (Phi) is 20.6. The lowest BCUT2D eigenvalue weighted by Crippen LogP contribution is -2.48. The van der Waals surface area contributed by atoms with Crippen LogP contribution in [0.2, 0.25) is 0 Å². The maximum Gasteiger partial charge on any atom is 0.414 e. The molecule has 0 spiro atoms. The number of benzene rings is 6. The summed E-state index contributed by atoms with van der Waals surface area (Å²) in [7, 11) is 10.4. The van der Waals surface area contributed by atoms with E-state index in [1.165, 1.54) is 14.2 Å². The maximum absolute atomic E-state index is 13.2. The van der Waals surface area contributed by atoms with Crippen LogP contribution in [0.25, 0.3) is 22.5 Å². The minimum Gasteiger partial charge on any atom is -0.473 e. The summed E-state index contributed by atoms with van der Waals surface area (Å²) in [6, 6.07) is 44.4. The zero-order valence-electron chi connectivity index (χ0n) is 48.6. The molecule has 6 aromatic carbocycles. The maximum atomic E-state index is 13.2. The van der Waals surface area contributed by atoms with Crippen molar-refractivity contribution in [3.05, 3.63) is 179 Å². The van der Waals surface area contributed by atoms with Gasteiger partial charge in [-0.15, -0.1) is 0 Å². The number of carboxylic acid groups (broad SMARTS) is 2. The Morgan fingerprint density at radius 1 is 0.477 bits per heavy atom. The van der Waals surface area contributed by atoms with Gasteiger partial charge < -0.3 is 60.6 Å². The van der Waals surface area contributed by atoms with Gasteiger partial charge in [0.1, 0.15) is 0 Å². The zero-order chi connectivity index (χ0) is 61.6. The predicted octanol–water partition coefficient (Wildman–Crippen LogP) is 6.39. The number of nitrogens with zero attached hydrogens (tertiary/aromatic N) is 6. The van der Waals surface area contributed by atoms with Gasteiger partial charge in [-0.05, 0) is 98.0 Å². The number of likely N-dealkylation sites (N-methyl/N-ethyl adjacent to an activating group) is 4. The Hall–Kier alpha value is -10.0. The number of anilines is 6. The third-order valence-electron chi connectivity index (χ3n) is 14.9. The summed E-state index contributed by atoms with van der Waals surface area (Å²) in [5.74, 6) is -5.04. The molecular weight excluding hydrogens is 1100 g/mol. The van der Waals surface area contributed by atoms with Crippen LogP contribution in [-0.4, -0.2) is 185 Å². The number of carbonyl (C=O) groups is 8. The Morgan fingerprint density at radius 3 is 1.13 bits per heavy atom. The van der Waals surface area contributed by atoms with Gasteiger partial charge in [-0.1, -0.05) is 72.8 Å². The quantitative estimate of drug-likeness (QED) is 0.0392. The van der Waals surface area contributed by atoms with Crippen LogP contribution in [-0.2, 0) is 38.2 Å². The lowest BCUT2D eigenvalue weighted by Gasteiger charge is -2.32. The monoisotopic (exact) mass is 1170 g/mol. The Bertz CT molecular complexity index is 3330. The number of carbonyl (C=O) groups excluding carboxylic acids is 6. The van der Waals surface area contributed by atoms with Gasteiger partial charge in [-0.3, -0.25) is 29.0 Å². The fourth-order valence-electron chi connectivity index (χ4n) is 9.82. The first kappa shape index (κ1) is 62.1. The number of methoxy groups -OCH3 is 2. The number of carboxylic acids is 2. The van der Waals surface area contributed by atoms with Crippen molar-refractivity contribution in [3.8, 4) is 0 Å². The van der Waals surface area contributed by atoms with Gasteiger partial charge in [0.25, 0.3) is 11.8 Å². The molecule has 6 aromatic rings. The molecule has 0 aliphatic carbocycles. The number of esters is 2. The zero-order valence-corrected chi connectivity index (χ0v) is 48.6. The average Bonchev–Trinajstić information content (AvgIpc) is 2.05. The summed E-state index contributed by atoms with van der Waals surface area (Å²) in [5.41, 5.74) is 10.2. The van der Waals surface area contributed by atoms with Crippen LogP contribution in [0.15, 0.2) is 146 Å². The SMILES string of the molecule is COC(=O)c1ccc2c(c1)NC(=O)/C2=C(\Nc1ccc(N(C)C(=O)CN2CCN(C)CC2)cc1)c1ccccc1.COC(=O)c1ccc2c(c1)NC(=O)/C2=C(\Nc1ccc(N(C)C(=O)CN2CCN(C)CC2)cc1)c1ccccc1.O=C(O)C(=O)O. The predicted molar refractivity (Wildman–Crippen MR) is 329 cm³/mol. The first-order valence-electron chi connectivity index (χ1n) is 27.5. The fourth-order valence-corrected chi connectivity index (χ4v) is 9.82. The van der Waals surface area contributed by atoms with Crippen LogP contribution in [0.4, 0.5) is 34.1 Å². The highest BCUT2D eigenvalue weighted by molar-refractivity contribution is 6.38. The van der Waals surface area contributed by atoms with E-state index in [0.717, 1.165) is 86.2 Å². The van der Waals surface area contributed by atoms with E-state index in [0.29, 0.717) is 69.3 Å². The molecule has 86 heavy (non-hydrogen) atoms. The van der Waals surface area contributed by atoms with E-state index < -0.39 is 23.9 Å². The number of ether oxygens (including phenoxy) is 2. The van der Waals surface area contributed by atoms with Gasteiger partial charge in [0, 0.05) is 100 Å². The highest BCUT2D eigenvalue weighted by atomic mass is 16.5. The number of hydrogen-bond acceptors (Lipinski definition) is 16. The van der Waals surface area contributed by atoms with E-state index in [9.17, 15) is 28.8 Å². The van der Waals surface area contributed by atoms with Crippen LogP contribution in [0.3, 0.4) is 0 Å². The minimum atomic E-state index is -1.82. The van der Waals surface area contributed by atoms with E-state index in [4.69, 9.17) is 29.3 Å².